The fourth-order valence-corrected chi connectivity index (χ4v) is 5.11. The fraction of sp³-hybridized carbons (Fsp3) is 0.769. The number of hydrogen-bond acceptors (Lipinski definition) is 4. The molecule has 2 aliphatic heterocycles. The molecule has 2 fully saturated rings. The van der Waals surface area contributed by atoms with E-state index in [1.165, 1.54) is 12.6 Å². The smallest absolute Gasteiger partial charge is 0.246 e. The molecule has 0 N–H and O–H groups in total. The number of halogens is 1. The molecule has 0 aromatic carbocycles. The molecule has 3 heterocycles. The van der Waals surface area contributed by atoms with E-state index in [2.05, 4.69) is 10.00 Å². The zero-order valence-electron chi connectivity index (χ0n) is 12.2. The third-order valence-electron chi connectivity index (χ3n) is 4.41. The first-order valence-corrected chi connectivity index (χ1v) is 9.34. The van der Waals surface area contributed by atoms with Crippen LogP contribution < -0.4 is 0 Å². The van der Waals surface area contributed by atoms with Gasteiger partial charge < -0.3 is 0 Å². The van der Waals surface area contributed by atoms with E-state index in [1.807, 2.05) is 6.92 Å². The second-order valence-electron chi connectivity index (χ2n) is 5.84. The Hall–Kier alpha value is -0.630. The summed E-state index contributed by atoms with van der Waals surface area (Å²) in [6.07, 6.45) is 5.25. The van der Waals surface area contributed by atoms with Crippen molar-refractivity contribution in [3.8, 4) is 0 Å². The molecule has 0 amide bonds. The van der Waals surface area contributed by atoms with Crippen molar-refractivity contribution in [2.75, 3.05) is 25.5 Å². The second kappa shape index (κ2) is 5.87. The van der Waals surface area contributed by atoms with Crippen LogP contribution in [0, 0.1) is 0 Å². The minimum atomic E-state index is -3.47. The number of piperazine rings is 1. The zero-order chi connectivity index (χ0) is 15.0. The number of hydrogen-bond donors (Lipinski definition) is 0. The number of rotatable bonds is 4. The molecule has 2 atom stereocenters. The quantitative estimate of drug-likeness (QED) is 0.771. The highest BCUT2D eigenvalue weighted by Gasteiger charge is 2.40. The van der Waals surface area contributed by atoms with E-state index in [-0.39, 0.29) is 10.9 Å². The summed E-state index contributed by atoms with van der Waals surface area (Å²) in [5, 5.41) is 4.07. The van der Waals surface area contributed by atoms with Gasteiger partial charge in [-0.25, -0.2) is 8.42 Å². The molecule has 0 aliphatic carbocycles. The lowest BCUT2D eigenvalue weighted by Crippen LogP contribution is -2.56. The largest absolute Gasteiger partial charge is 0.297 e. The van der Waals surface area contributed by atoms with Gasteiger partial charge in [0.15, 0.2) is 0 Å². The fourth-order valence-electron chi connectivity index (χ4n) is 3.32. The van der Waals surface area contributed by atoms with E-state index in [4.69, 9.17) is 11.6 Å². The predicted molar refractivity (Wildman–Crippen MR) is 80.9 cm³/mol. The summed E-state index contributed by atoms with van der Waals surface area (Å²) in [7, 11) is -3.47. The first-order valence-electron chi connectivity index (χ1n) is 7.36. The highest BCUT2D eigenvalue weighted by atomic mass is 35.5. The van der Waals surface area contributed by atoms with E-state index in [9.17, 15) is 8.42 Å². The van der Waals surface area contributed by atoms with Crippen molar-refractivity contribution in [1.82, 2.24) is 19.0 Å². The van der Waals surface area contributed by atoms with E-state index < -0.39 is 10.0 Å². The van der Waals surface area contributed by atoms with Gasteiger partial charge in [-0.3, -0.25) is 9.58 Å². The molecule has 0 radical (unpaired) electrons. The van der Waals surface area contributed by atoms with Gasteiger partial charge in [-0.1, -0.05) is 0 Å². The van der Waals surface area contributed by atoms with Crippen molar-refractivity contribution in [1.29, 1.82) is 0 Å². The molecule has 0 saturated carbocycles. The molecule has 3 rings (SSSR count). The first-order chi connectivity index (χ1) is 10.0. The van der Waals surface area contributed by atoms with Crippen molar-refractivity contribution < 1.29 is 8.42 Å². The standard InChI is InChI=1S/C13H21ClN4O2S/c1-11-8-16-5-2-3-12(16)9-18(11)21(19,20)13-7-15-17(10-13)6-4-14/h7,10-12H,2-6,8-9H2,1H3. The van der Waals surface area contributed by atoms with Gasteiger partial charge >= 0.3 is 0 Å². The van der Waals surface area contributed by atoms with Crippen molar-refractivity contribution in [3.05, 3.63) is 12.4 Å². The lowest BCUT2D eigenvalue weighted by molar-refractivity contribution is 0.117. The Balaban J connectivity index is 1.82. The van der Waals surface area contributed by atoms with E-state index in [0.717, 1.165) is 19.5 Å². The Morgan fingerprint density at radius 2 is 2.24 bits per heavy atom. The van der Waals surface area contributed by atoms with Gasteiger partial charge in [-0.05, 0) is 26.3 Å². The van der Waals surface area contributed by atoms with Crippen LogP contribution in [0.1, 0.15) is 19.8 Å². The van der Waals surface area contributed by atoms with Crippen molar-refractivity contribution in [2.24, 2.45) is 0 Å². The Morgan fingerprint density at radius 3 is 3.00 bits per heavy atom. The first kappa shape index (κ1) is 15.3. The third-order valence-corrected chi connectivity index (χ3v) is 6.51. The number of sulfonamides is 1. The van der Waals surface area contributed by atoms with Crippen molar-refractivity contribution in [3.63, 3.8) is 0 Å². The minimum absolute atomic E-state index is 0.000673. The number of nitrogens with zero attached hydrogens (tertiary/aromatic N) is 4. The number of aromatic nitrogens is 2. The van der Waals surface area contributed by atoms with Crippen molar-refractivity contribution in [2.45, 2.75) is 43.3 Å². The monoisotopic (exact) mass is 332 g/mol. The lowest BCUT2D eigenvalue weighted by atomic mass is 10.1. The van der Waals surface area contributed by atoms with Crippen molar-refractivity contribution >= 4 is 21.6 Å². The second-order valence-corrected chi connectivity index (χ2v) is 8.11. The Bertz CT molecular complexity index is 603. The predicted octanol–water partition coefficient (Wildman–Crippen LogP) is 0.979. The van der Waals surface area contributed by atoms with E-state index in [1.54, 1.807) is 15.2 Å². The topological polar surface area (TPSA) is 58.4 Å². The van der Waals surface area contributed by atoms with Crippen LogP contribution in [0.2, 0.25) is 0 Å². The molecular formula is C13H21ClN4O2S. The maximum absolute atomic E-state index is 12.8. The van der Waals surface area contributed by atoms with Crippen LogP contribution in [0.15, 0.2) is 17.3 Å². The molecule has 2 unspecified atom stereocenters. The minimum Gasteiger partial charge on any atom is -0.297 e. The molecule has 8 heteroatoms. The SMILES string of the molecule is CC1CN2CCCC2CN1S(=O)(=O)c1cnn(CCCl)c1. The number of alkyl halides is 1. The maximum atomic E-state index is 12.8. The highest BCUT2D eigenvalue weighted by molar-refractivity contribution is 7.89. The summed E-state index contributed by atoms with van der Waals surface area (Å²) in [5.74, 6) is 0.415. The van der Waals surface area contributed by atoms with Gasteiger partial charge in [0, 0.05) is 37.3 Å². The van der Waals surface area contributed by atoms with Gasteiger partial charge in [-0.15, -0.1) is 11.6 Å². The average Bonchev–Trinajstić information content (AvgIpc) is 3.06. The van der Waals surface area contributed by atoms with Crippen LogP contribution in [0.25, 0.3) is 0 Å². The molecule has 1 aromatic heterocycles. The number of aryl methyl sites for hydroxylation is 1. The molecule has 2 aliphatic rings. The molecule has 1 aromatic rings. The normalized spacial score (nSPS) is 27.9. The van der Waals surface area contributed by atoms with Gasteiger partial charge in [0.1, 0.15) is 4.90 Å². The number of fused-ring (bicyclic) bond motifs is 1. The molecule has 118 valence electrons. The van der Waals surface area contributed by atoms with Gasteiger partial charge in [0.25, 0.3) is 0 Å². The van der Waals surface area contributed by atoms with Gasteiger partial charge in [-0.2, -0.15) is 9.40 Å². The highest BCUT2D eigenvalue weighted by Crippen LogP contribution is 2.28. The summed E-state index contributed by atoms with van der Waals surface area (Å²) >= 11 is 5.67. The van der Waals surface area contributed by atoms with Crippen LogP contribution in [0.4, 0.5) is 0 Å². The van der Waals surface area contributed by atoms with Crippen LogP contribution in [-0.4, -0.2) is 65.0 Å². The Morgan fingerprint density at radius 1 is 1.43 bits per heavy atom. The van der Waals surface area contributed by atoms with Crippen LogP contribution in [0.5, 0.6) is 0 Å². The van der Waals surface area contributed by atoms with Crippen LogP contribution in [-0.2, 0) is 16.6 Å². The summed E-state index contributed by atoms with van der Waals surface area (Å²) in [6.45, 7) is 5.00. The zero-order valence-corrected chi connectivity index (χ0v) is 13.7. The van der Waals surface area contributed by atoms with Crippen LogP contribution >= 0.6 is 11.6 Å². The summed E-state index contributed by atoms with van der Waals surface area (Å²) in [6, 6.07) is 0.370. The molecule has 21 heavy (non-hydrogen) atoms. The van der Waals surface area contributed by atoms with Gasteiger partial charge in [0.05, 0.1) is 12.7 Å². The molecule has 6 nitrogen and oxygen atoms in total. The summed E-state index contributed by atoms with van der Waals surface area (Å²) in [4.78, 5) is 2.68. The molecular weight excluding hydrogens is 312 g/mol. The van der Waals surface area contributed by atoms with E-state index >= 15 is 0 Å². The van der Waals surface area contributed by atoms with E-state index in [0.29, 0.717) is 25.0 Å². The molecule has 0 bridgehead atoms. The molecule has 2 saturated heterocycles. The Labute approximate surface area is 130 Å². The van der Waals surface area contributed by atoms with Gasteiger partial charge in [0.2, 0.25) is 10.0 Å². The lowest BCUT2D eigenvalue weighted by Gasteiger charge is -2.41. The van der Waals surface area contributed by atoms with Crippen LogP contribution in [0.3, 0.4) is 0 Å². The maximum Gasteiger partial charge on any atom is 0.246 e. The average molecular weight is 333 g/mol. The summed E-state index contributed by atoms with van der Waals surface area (Å²) in [5.41, 5.74) is 0. The summed E-state index contributed by atoms with van der Waals surface area (Å²) < 4.78 is 28.9. The third kappa shape index (κ3) is 2.84. The Kier molecular flexibility index (Phi) is 4.27. The molecule has 0 spiro atoms.